The molecule has 1 nitrogen and oxygen atoms in total. The summed E-state index contributed by atoms with van der Waals surface area (Å²) in [4.78, 5) is 0. The molecule has 1 fully saturated rings. The summed E-state index contributed by atoms with van der Waals surface area (Å²) in [5, 5.41) is 0. The maximum absolute atomic E-state index is 15.0. The van der Waals surface area contributed by atoms with E-state index in [-0.39, 0.29) is 23.3 Å². The molecule has 0 spiro atoms. The molecule has 1 aliphatic carbocycles. The van der Waals surface area contributed by atoms with Crippen LogP contribution in [0.25, 0.3) is 17.0 Å². The van der Waals surface area contributed by atoms with Crippen molar-refractivity contribution in [1.29, 1.82) is 0 Å². The van der Waals surface area contributed by atoms with Crippen molar-refractivity contribution >= 4 is 5.83 Å². The Morgan fingerprint density at radius 3 is 1.98 bits per heavy atom. The van der Waals surface area contributed by atoms with Crippen LogP contribution in [0.3, 0.4) is 0 Å². The standard InChI is InChI=1S/C31H26F10O/c1-2-3-17-4-6-18(7-5-17)19-8-10-20(11-9-19)22-12-13-23(29(36)28(22)35)31(40,41)42-21-14-24(32)27(25(33)15-21)26(34)16-30(37,38)39/h8-18H,2-7H2,1H3/b26-16-. The van der Waals surface area contributed by atoms with Gasteiger partial charge in [-0.2, -0.15) is 22.0 Å². The number of hydrogen-bond acceptors (Lipinski definition) is 1. The van der Waals surface area contributed by atoms with Gasteiger partial charge in [-0.3, -0.25) is 0 Å². The van der Waals surface area contributed by atoms with Gasteiger partial charge in [-0.05, 0) is 54.7 Å². The van der Waals surface area contributed by atoms with E-state index in [9.17, 15) is 43.9 Å². The van der Waals surface area contributed by atoms with Crippen molar-refractivity contribution in [2.75, 3.05) is 0 Å². The average molecular weight is 605 g/mol. The summed E-state index contributed by atoms with van der Waals surface area (Å²) in [6.07, 6.45) is -4.34. The van der Waals surface area contributed by atoms with Crippen LogP contribution in [0.1, 0.15) is 68.1 Å². The third-order valence-electron chi connectivity index (χ3n) is 7.42. The van der Waals surface area contributed by atoms with Gasteiger partial charge in [-0.15, -0.1) is 0 Å². The molecule has 0 amide bonds. The highest BCUT2D eigenvalue weighted by Gasteiger charge is 2.40. The molecule has 0 saturated heterocycles. The van der Waals surface area contributed by atoms with Crippen LogP contribution in [0.5, 0.6) is 5.75 Å². The lowest BCUT2D eigenvalue weighted by molar-refractivity contribution is -0.187. The van der Waals surface area contributed by atoms with Crippen LogP contribution in [0.2, 0.25) is 0 Å². The maximum atomic E-state index is 15.0. The molecule has 226 valence electrons. The van der Waals surface area contributed by atoms with Gasteiger partial charge in [0.25, 0.3) is 0 Å². The second kappa shape index (κ2) is 12.4. The van der Waals surface area contributed by atoms with Gasteiger partial charge in [0.1, 0.15) is 28.8 Å². The van der Waals surface area contributed by atoms with Crippen molar-refractivity contribution in [3.8, 4) is 16.9 Å². The summed E-state index contributed by atoms with van der Waals surface area (Å²) in [5.74, 6) is -10.2. The smallest absolute Gasteiger partial charge is 0.429 e. The van der Waals surface area contributed by atoms with Crippen LogP contribution in [0.4, 0.5) is 43.9 Å². The lowest BCUT2D eigenvalue weighted by Crippen LogP contribution is -2.24. The van der Waals surface area contributed by atoms with E-state index in [1.807, 2.05) is 0 Å². The number of alkyl halides is 5. The Balaban J connectivity index is 1.53. The van der Waals surface area contributed by atoms with E-state index in [2.05, 4.69) is 11.7 Å². The molecule has 1 aliphatic rings. The lowest BCUT2D eigenvalue weighted by atomic mass is 9.77. The summed E-state index contributed by atoms with van der Waals surface area (Å²) >= 11 is 0. The summed E-state index contributed by atoms with van der Waals surface area (Å²) in [7, 11) is 0. The quantitative estimate of drug-likeness (QED) is 0.233. The number of allylic oxidation sites excluding steroid dienone is 1. The van der Waals surface area contributed by atoms with Crippen LogP contribution in [-0.4, -0.2) is 6.18 Å². The van der Waals surface area contributed by atoms with Crippen molar-refractivity contribution in [3.63, 3.8) is 0 Å². The number of rotatable bonds is 8. The second-order valence-electron chi connectivity index (χ2n) is 10.3. The van der Waals surface area contributed by atoms with Gasteiger partial charge < -0.3 is 4.74 Å². The predicted molar refractivity (Wildman–Crippen MR) is 137 cm³/mol. The normalized spacial score (nSPS) is 18.3. The number of benzene rings is 3. The van der Waals surface area contributed by atoms with E-state index in [4.69, 9.17) is 0 Å². The zero-order chi connectivity index (χ0) is 30.8. The summed E-state index contributed by atoms with van der Waals surface area (Å²) in [5.41, 5.74) is -2.39. The van der Waals surface area contributed by atoms with E-state index in [1.165, 1.54) is 6.42 Å². The SMILES string of the molecule is CCCC1CCC(c2ccc(-c3ccc(C(F)(F)Oc4cc(F)c(/C(F)=C/C(F)(F)F)c(F)c4)c(F)c3F)cc2)CC1. The van der Waals surface area contributed by atoms with E-state index < -0.39 is 64.3 Å². The molecule has 11 heteroatoms. The zero-order valence-electron chi connectivity index (χ0n) is 22.3. The van der Waals surface area contributed by atoms with Gasteiger partial charge in [0.2, 0.25) is 0 Å². The molecule has 3 aromatic carbocycles. The predicted octanol–water partition coefficient (Wildman–Crippen LogP) is 11.0. The van der Waals surface area contributed by atoms with E-state index in [0.717, 1.165) is 43.7 Å². The summed E-state index contributed by atoms with van der Waals surface area (Å²) in [6, 6.07) is 8.16. The molecule has 3 aromatic rings. The van der Waals surface area contributed by atoms with Crippen LogP contribution >= 0.6 is 0 Å². The second-order valence-corrected chi connectivity index (χ2v) is 10.3. The topological polar surface area (TPSA) is 9.23 Å². The first kappa shape index (κ1) is 31.4. The molecule has 0 unspecified atom stereocenters. The van der Waals surface area contributed by atoms with Gasteiger partial charge in [0, 0.05) is 17.7 Å². The summed E-state index contributed by atoms with van der Waals surface area (Å²) < 4.78 is 143. The Labute approximate surface area is 235 Å². The number of ether oxygens (including phenoxy) is 1. The highest BCUT2D eigenvalue weighted by Crippen LogP contribution is 2.40. The zero-order valence-corrected chi connectivity index (χ0v) is 22.3. The molecular weight excluding hydrogens is 578 g/mol. The fourth-order valence-corrected chi connectivity index (χ4v) is 5.38. The minimum atomic E-state index is -5.26. The third kappa shape index (κ3) is 7.10. The first-order valence-electron chi connectivity index (χ1n) is 13.3. The minimum absolute atomic E-state index is 0.00340. The van der Waals surface area contributed by atoms with Crippen LogP contribution < -0.4 is 4.74 Å². The van der Waals surface area contributed by atoms with E-state index >= 15 is 0 Å². The molecule has 42 heavy (non-hydrogen) atoms. The Morgan fingerprint density at radius 2 is 1.43 bits per heavy atom. The Bertz CT molecular complexity index is 1410. The molecular formula is C31H26F10O. The van der Waals surface area contributed by atoms with E-state index in [0.29, 0.717) is 17.9 Å². The summed E-state index contributed by atoms with van der Waals surface area (Å²) in [6.45, 7) is 2.16. The fraction of sp³-hybridized carbons (Fsp3) is 0.355. The fourth-order valence-electron chi connectivity index (χ4n) is 5.38. The van der Waals surface area contributed by atoms with E-state index in [1.54, 1.807) is 24.3 Å². The molecule has 0 radical (unpaired) electrons. The molecule has 0 atom stereocenters. The highest BCUT2D eigenvalue weighted by atomic mass is 19.4. The average Bonchev–Trinajstić information content (AvgIpc) is 2.89. The van der Waals surface area contributed by atoms with Crippen LogP contribution in [0, 0.1) is 29.2 Å². The highest BCUT2D eigenvalue weighted by molar-refractivity contribution is 5.65. The van der Waals surface area contributed by atoms with Crippen molar-refractivity contribution in [2.45, 2.75) is 63.7 Å². The Morgan fingerprint density at radius 1 is 0.833 bits per heavy atom. The molecule has 4 rings (SSSR count). The molecule has 0 heterocycles. The van der Waals surface area contributed by atoms with Crippen LogP contribution in [0.15, 0.2) is 54.6 Å². The molecule has 1 saturated carbocycles. The maximum Gasteiger partial charge on any atom is 0.429 e. The monoisotopic (exact) mass is 604 g/mol. The molecule has 0 bridgehead atoms. The lowest BCUT2D eigenvalue weighted by Gasteiger charge is -2.28. The minimum Gasteiger partial charge on any atom is -0.429 e. The van der Waals surface area contributed by atoms with Crippen molar-refractivity contribution in [3.05, 3.63) is 94.6 Å². The molecule has 0 N–H and O–H groups in total. The number of hydrogen-bond donors (Lipinski definition) is 0. The molecule has 0 aromatic heterocycles. The van der Waals surface area contributed by atoms with Gasteiger partial charge in [-0.25, -0.2) is 22.0 Å². The Kier molecular flexibility index (Phi) is 9.27. The van der Waals surface area contributed by atoms with Gasteiger partial charge in [-0.1, -0.05) is 50.1 Å². The van der Waals surface area contributed by atoms with Crippen molar-refractivity contribution < 1.29 is 48.6 Å². The van der Waals surface area contributed by atoms with Crippen LogP contribution in [-0.2, 0) is 6.11 Å². The van der Waals surface area contributed by atoms with Gasteiger partial charge in [0.15, 0.2) is 11.6 Å². The number of halogens is 10. The van der Waals surface area contributed by atoms with Crippen molar-refractivity contribution in [2.24, 2.45) is 5.92 Å². The Hall–Kier alpha value is -3.50. The van der Waals surface area contributed by atoms with Gasteiger partial charge in [0.05, 0.1) is 11.6 Å². The first-order chi connectivity index (χ1) is 19.7. The largest absolute Gasteiger partial charge is 0.429 e. The van der Waals surface area contributed by atoms with Gasteiger partial charge >= 0.3 is 12.3 Å². The van der Waals surface area contributed by atoms with Crippen molar-refractivity contribution in [1.82, 2.24) is 0 Å². The third-order valence-corrected chi connectivity index (χ3v) is 7.42. The first-order valence-corrected chi connectivity index (χ1v) is 13.3. The molecule has 0 aliphatic heterocycles.